The van der Waals surface area contributed by atoms with Crippen molar-refractivity contribution in [2.45, 2.75) is 25.9 Å². The number of pyridine rings is 2. The Morgan fingerprint density at radius 1 is 0.824 bits per heavy atom. The maximum absolute atomic E-state index is 4.34. The first kappa shape index (κ1) is 11.7. The van der Waals surface area contributed by atoms with Crippen molar-refractivity contribution in [3.63, 3.8) is 0 Å². The molecule has 2 aromatic heterocycles. The topological polar surface area (TPSA) is 37.8 Å². The average molecular weight is 227 g/mol. The van der Waals surface area contributed by atoms with Gasteiger partial charge >= 0.3 is 0 Å². The number of nitrogens with zero attached hydrogens (tertiary/aromatic N) is 2. The van der Waals surface area contributed by atoms with Gasteiger partial charge in [0, 0.05) is 24.5 Å². The molecular formula is C14H17N3. The van der Waals surface area contributed by atoms with Crippen molar-refractivity contribution in [3.05, 3.63) is 60.2 Å². The first-order chi connectivity index (χ1) is 8.27. The van der Waals surface area contributed by atoms with Crippen LogP contribution in [0.25, 0.3) is 0 Å². The first-order valence-electron chi connectivity index (χ1n) is 5.85. The molecule has 0 saturated heterocycles. The fourth-order valence-corrected chi connectivity index (χ4v) is 1.81. The molecule has 0 unspecified atom stereocenters. The molecule has 0 bridgehead atoms. The van der Waals surface area contributed by atoms with Crippen LogP contribution in [0.3, 0.4) is 0 Å². The molecule has 0 aliphatic rings. The van der Waals surface area contributed by atoms with Crippen molar-refractivity contribution in [1.29, 1.82) is 0 Å². The SMILES string of the molecule is C[C@H](N[C@@H](C)c1ccccn1)c1ccccn1. The molecule has 0 saturated carbocycles. The van der Waals surface area contributed by atoms with E-state index in [0.717, 1.165) is 11.4 Å². The van der Waals surface area contributed by atoms with Crippen molar-refractivity contribution >= 4 is 0 Å². The van der Waals surface area contributed by atoms with Gasteiger partial charge in [-0.3, -0.25) is 9.97 Å². The zero-order chi connectivity index (χ0) is 12.1. The molecule has 0 aliphatic heterocycles. The molecule has 3 heteroatoms. The highest BCUT2D eigenvalue weighted by molar-refractivity contribution is 5.11. The van der Waals surface area contributed by atoms with E-state index in [0.29, 0.717) is 0 Å². The molecule has 0 radical (unpaired) electrons. The zero-order valence-electron chi connectivity index (χ0n) is 10.2. The number of aromatic nitrogens is 2. The lowest BCUT2D eigenvalue weighted by molar-refractivity contribution is 0.478. The van der Waals surface area contributed by atoms with Crippen molar-refractivity contribution in [2.24, 2.45) is 0 Å². The maximum atomic E-state index is 4.34. The van der Waals surface area contributed by atoms with Crippen LogP contribution in [-0.2, 0) is 0 Å². The summed E-state index contributed by atoms with van der Waals surface area (Å²) in [7, 11) is 0. The second-order valence-electron chi connectivity index (χ2n) is 4.12. The summed E-state index contributed by atoms with van der Waals surface area (Å²) < 4.78 is 0. The van der Waals surface area contributed by atoms with E-state index in [4.69, 9.17) is 0 Å². The van der Waals surface area contributed by atoms with Gasteiger partial charge in [-0.05, 0) is 38.1 Å². The van der Waals surface area contributed by atoms with E-state index in [-0.39, 0.29) is 12.1 Å². The van der Waals surface area contributed by atoms with E-state index < -0.39 is 0 Å². The Balaban J connectivity index is 2.02. The van der Waals surface area contributed by atoms with E-state index in [9.17, 15) is 0 Å². The summed E-state index contributed by atoms with van der Waals surface area (Å²) in [6.45, 7) is 4.23. The van der Waals surface area contributed by atoms with Gasteiger partial charge in [-0.1, -0.05) is 12.1 Å². The van der Waals surface area contributed by atoms with Crippen LogP contribution in [-0.4, -0.2) is 9.97 Å². The molecule has 2 heterocycles. The molecule has 2 aromatic rings. The van der Waals surface area contributed by atoms with Crippen LogP contribution in [0.4, 0.5) is 0 Å². The lowest BCUT2D eigenvalue weighted by atomic mass is 10.1. The molecule has 2 atom stereocenters. The predicted octanol–water partition coefficient (Wildman–Crippen LogP) is 2.89. The van der Waals surface area contributed by atoms with Crippen LogP contribution < -0.4 is 5.32 Å². The van der Waals surface area contributed by atoms with Gasteiger partial charge in [-0.25, -0.2) is 0 Å². The van der Waals surface area contributed by atoms with E-state index in [1.54, 1.807) is 0 Å². The van der Waals surface area contributed by atoms with Crippen molar-refractivity contribution in [3.8, 4) is 0 Å². The van der Waals surface area contributed by atoms with Crippen molar-refractivity contribution in [2.75, 3.05) is 0 Å². The Morgan fingerprint density at radius 2 is 1.29 bits per heavy atom. The first-order valence-corrected chi connectivity index (χ1v) is 5.85. The number of hydrogen-bond acceptors (Lipinski definition) is 3. The molecule has 0 amide bonds. The number of rotatable bonds is 4. The molecule has 1 N–H and O–H groups in total. The molecule has 0 aromatic carbocycles. The maximum Gasteiger partial charge on any atom is 0.0570 e. The Labute approximate surface area is 102 Å². The van der Waals surface area contributed by atoms with E-state index in [1.165, 1.54) is 0 Å². The third-order valence-electron chi connectivity index (χ3n) is 2.76. The Kier molecular flexibility index (Phi) is 3.83. The smallest absolute Gasteiger partial charge is 0.0570 e. The Morgan fingerprint density at radius 3 is 1.65 bits per heavy atom. The van der Waals surface area contributed by atoms with Gasteiger partial charge in [0.1, 0.15) is 0 Å². The fraction of sp³-hybridized carbons (Fsp3) is 0.286. The summed E-state index contributed by atoms with van der Waals surface area (Å²) in [5.41, 5.74) is 2.10. The van der Waals surface area contributed by atoms with Gasteiger partial charge in [-0.15, -0.1) is 0 Å². The van der Waals surface area contributed by atoms with Gasteiger partial charge in [0.25, 0.3) is 0 Å². The van der Waals surface area contributed by atoms with Crippen LogP contribution in [0, 0.1) is 0 Å². The van der Waals surface area contributed by atoms with Gasteiger partial charge in [-0.2, -0.15) is 0 Å². The molecule has 0 fully saturated rings. The highest BCUT2D eigenvalue weighted by atomic mass is 15.0. The minimum atomic E-state index is 0.216. The predicted molar refractivity (Wildman–Crippen MR) is 68.4 cm³/mol. The van der Waals surface area contributed by atoms with E-state index in [1.807, 2.05) is 48.8 Å². The third kappa shape index (κ3) is 3.11. The van der Waals surface area contributed by atoms with E-state index >= 15 is 0 Å². The lowest BCUT2D eigenvalue weighted by Gasteiger charge is -2.19. The molecule has 17 heavy (non-hydrogen) atoms. The van der Waals surface area contributed by atoms with Gasteiger partial charge in [0.15, 0.2) is 0 Å². The summed E-state index contributed by atoms with van der Waals surface area (Å²) in [4.78, 5) is 8.68. The van der Waals surface area contributed by atoms with Gasteiger partial charge in [0.2, 0.25) is 0 Å². The highest BCUT2D eigenvalue weighted by Gasteiger charge is 2.11. The Hall–Kier alpha value is -1.74. The van der Waals surface area contributed by atoms with Crippen LogP contribution in [0.5, 0.6) is 0 Å². The van der Waals surface area contributed by atoms with Crippen LogP contribution in [0.1, 0.15) is 37.3 Å². The highest BCUT2D eigenvalue weighted by Crippen LogP contribution is 2.15. The van der Waals surface area contributed by atoms with Crippen LogP contribution >= 0.6 is 0 Å². The second-order valence-corrected chi connectivity index (χ2v) is 4.12. The summed E-state index contributed by atoms with van der Waals surface area (Å²) in [5.74, 6) is 0. The average Bonchev–Trinajstić information content (AvgIpc) is 2.40. The monoisotopic (exact) mass is 227 g/mol. The summed E-state index contributed by atoms with van der Waals surface area (Å²) >= 11 is 0. The fourth-order valence-electron chi connectivity index (χ4n) is 1.81. The number of hydrogen-bond donors (Lipinski definition) is 1. The number of nitrogens with one attached hydrogen (secondary N) is 1. The summed E-state index contributed by atoms with van der Waals surface area (Å²) in [6, 6.07) is 12.4. The molecule has 2 rings (SSSR count). The largest absolute Gasteiger partial charge is 0.301 e. The zero-order valence-corrected chi connectivity index (χ0v) is 10.2. The van der Waals surface area contributed by atoms with Crippen molar-refractivity contribution < 1.29 is 0 Å². The lowest BCUT2D eigenvalue weighted by Crippen LogP contribution is -2.23. The normalized spacial score (nSPS) is 14.2. The van der Waals surface area contributed by atoms with Crippen LogP contribution in [0.2, 0.25) is 0 Å². The molecule has 0 spiro atoms. The van der Waals surface area contributed by atoms with Gasteiger partial charge < -0.3 is 5.32 Å². The van der Waals surface area contributed by atoms with Crippen molar-refractivity contribution in [1.82, 2.24) is 15.3 Å². The second kappa shape index (κ2) is 5.55. The quantitative estimate of drug-likeness (QED) is 0.872. The Bertz CT molecular complexity index is 398. The van der Waals surface area contributed by atoms with Crippen LogP contribution in [0.15, 0.2) is 48.8 Å². The van der Waals surface area contributed by atoms with Gasteiger partial charge in [0.05, 0.1) is 11.4 Å². The molecule has 3 nitrogen and oxygen atoms in total. The molecule has 88 valence electrons. The summed E-state index contributed by atoms with van der Waals surface area (Å²) in [6.07, 6.45) is 3.64. The molecule has 0 aliphatic carbocycles. The van der Waals surface area contributed by atoms with E-state index in [2.05, 4.69) is 29.1 Å². The third-order valence-corrected chi connectivity index (χ3v) is 2.76. The standard InChI is InChI=1S/C14H17N3/c1-11(13-7-3-5-9-15-13)17-12(2)14-8-4-6-10-16-14/h3-12,17H,1-2H3/t11-,12-/m0/s1. The molecular weight excluding hydrogens is 210 g/mol. The minimum Gasteiger partial charge on any atom is -0.301 e. The minimum absolute atomic E-state index is 0.216. The summed E-state index contributed by atoms with van der Waals surface area (Å²) in [5, 5.41) is 3.49.